The van der Waals surface area contributed by atoms with Crippen molar-refractivity contribution < 1.29 is 18.3 Å². The van der Waals surface area contributed by atoms with Crippen molar-refractivity contribution in [1.82, 2.24) is 9.55 Å². The molecule has 96 valence electrons. The predicted molar refractivity (Wildman–Crippen MR) is 62.8 cm³/mol. The minimum absolute atomic E-state index is 0.0152. The minimum atomic E-state index is -3.18. The van der Waals surface area contributed by atoms with Gasteiger partial charge >= 0.3 is 5.97 Å². The Morgan fingerprint density at radius 2 is 2.12 bits per heavy atom. The van der Waals surface area contributed by atoms with Crippen molar-refractivity contribution in [3.05, 3.63) is 17.7 Å². The van der Waals surface area contributed by atoms with Crippen molar-refractivity contribution in [3.8, 4) is 0 Å². The Labute approximate surface area is 100 Å². The first-order valence-electron chi connectivity index (χ1n) is 5.22. The Balaban J connectivity index is 2.90. The summed E-state index contributed by atoms with van der Waals surface area (Å²) in [5.41, 5.74) is 0.0152. The Bertz CT molecular complexity index is 516. The monoisotopic (exact) mass is 260 g/mol. The Morgan fingerprint density at radius 3 is 2.59 bits per heavy atom. The predicted octanol–water partition coefficient (Wildman–Crippen LogP) is 0.713. The molecule has 0 unspecified atom stereocenters. The van der Waals surface area contributed by atoms with E-state index in [0.717, 1.165) is 0 Å². The van der Waals surface area contributed by atoms with Crippen LogP contribution in [0.25, 0.3) is 0 Å². The summed E-state index contributed by atoms with van der Waals surface area (Å²) in [6, 6.07) is 0. The fourth-order valence-electron chi connectivity index (χ4n) is 1.38. The van der Waals surface area contributed by atoms with Gasteiger partial charge in [-0.05, 0) is 20.8 Å². The normalized spacial score (nSPS) is 12.0. The van der Waals surface area contributed by atoms with Crippen LogP contribution in [-0.2, 0) is 16.4 Å². The van der Waals surface area contributed by atoms with Crippen molar-refractivity contribution in [2.75, 3.05) is 5.75 Å². The number of carbonyl (C=O) groups is 1. The minimum Gasteiger partial charge on any atom is -0.477 e. The Hall–Kier alpha value is -1.37. The number of hydrogen-bond donors (Lipinski definition) is 1. The second-order valence-electron chi connectivity index (χ2n) is 4.06. The second kappa shape index (κ2) is 4.87. The van der Waals surface area contributed by atoms with E-state index in [2.05, 4.69) is 4.98 Å². The van der Waals surface area contributed by atoms with Crippen LogP contribution >= 0.6 is 0 Å². The van der Waals surface area contributed by atoms with Crippen molar-refractivity contribution in [2.45, 2.75) is 32.6 Å². The summed E-state index contributed by atoms with van der Waals surface area (Å²) >= 11 is 0. The molecule has 7 heteroatoms. The molecule has 0 radical (unpaired) electrons. The third-order valence-electron chi connectivity index (χ3n) is 2.59. The largest absolute Gasteiger partial charge is 0.477 e. The third-order valence-corrected chi connectivity index (χ3v) is 4.78. The molecule has 0 aliphatic carbocycles. The average Bonchev–Trinajstić information content (AvgIpc) is 2.56. The van der Waals surface area contributed by atoms with Crippen LogP contribution in [0.1, 0.15) is 30.2 Å². The van der Waals surface area contributed by atoms with Crippen LogP contribution in [0.3, 0.4) is 0 Å². The van der Waals surface area contributed by atoms with Gasteiger partial charge in [-0.1, -0.05) is 0 Å². The van der Waals surface area contributed by atoms with Gasteiger partial charge in [-0.25, -0.2) is 18.2 Å². The molecule has 0 saturated carbocycles. The van der Waals surface area contributed by atoms with E-state index in [1.807, 2.05) is 0 Å². The van der Waals surface area contributed by atoms with Gasteiger partial charge in [-0.3, -0.25) is 0 Å². The molecular weight excluding hydrogens is 244 g/mol. The molecule has 0 amide bonds. The lowest BCUT2D eigenvalue weighted by molar-refractivity contribution is 0.0685. The van der Waals surface area contributed by atoms with E-state index in [9.17, 15) is 13.2 Å². The second-order valence-corrected chi connectivity index (χ2v) is 6.74. The highest BCUT2D eigenvalue weighted by Crippen LogP contribution is 2.08. The molecule has 1 aromatic rings. The lowest BCUT2D eigenvalue weighted by Gasteiger charge is -2.10. The lowest BCUT2D eigenvalue weighted by atomic mass is 10.4. The summed E-state index contributed by atoms with van der Waals surface area (Å²) in [5, 5.41) is 8.45. The topological polar surface area (TPSA) is 89.3 Å². The maximum atomic E-state index is 11.6. The van der Waals surface area contributed by atoms with Gasteiger partial charge in [0.1, 0.15) is 11.5 Å². The van der Waals surface area contributed by atoms with Crippen LogP contribution in [0.15, 0.2) is 6.20 Å². The van der Waals surface area contributed by atoms with Gasteiger partial charge in [0.05, 0.1) is 17.2 Å². The fraction of sp³-hybridized carbons (Fsp3) is 0.600. The molecule has 0 bridgehead atoms. The fourth-order valence-corrected chi connectivity index (χ4v) is 2.28. The number of aryl methyl sites for hydroxylation is 1. The molecule has 1 rings (SSSR count). The summed E-state index contributed by atoms with van der Waals surface area (Å²) in [6.07, 6.45) is 1.24. The smallest absolute Gasteiger partial charge is 0.354 e. The van der Waals surface area contributed by atoms with Crippen LogP contribution in [0.2, 0.25) is 0 Å². The van der Waals surface area contributed by atoms with Gasteiger partial charge in [-0.2, -0.15) is 0 Å². The van der Waals surface area contributed by atoms with E-state index in [0.29, 0.717) is 5.82 Å². The summed E-state index contributed by atoms with van der Waals surface area (Å²) in [7, 11) is -3.18. The molecule has 0 saturated heterocycles. The van der Waals surface area contributed by atoms with Crippen molar-refractivity contribution >= 4 is 15.8 Å². The van der Waals surface area contributed by atoms with E-state index in [1.54, 1.807) is 20.8 Å². The van der Waals surface area contributed by atoms with Crippen molar-refractivity contribution in [2.24, 2.45) is 0 Å². The van der Waals surface area contributed by atoms with E-state index in [1.165, 1.54) is 10.8 Å². The lowest BCUT2D eigenvalue weighted by Crippen LogP contribution is -2.23. The Kier molecular flexibility index (Phi) is 3.92. The molecule has 0 aliphatic heterocycles. The van der Waals surface area contributed by atoms with Gasteiger partial charge in [0.15, 0.2) is 9.84 Å². The standard InChI is InChI=1S/C10H16N2O4S/c1-7(2)17(15,16)5-4-12-8(3)11-6-9(12)10(13)14/h6-7H,4-5H2,1-3H3,(H,13,14). The van der Waals surface area contributed by atoms with E-state index in [4.69, 9.17) is 5.11 Å². The van der Waals surface area contributed by atoms with Gasteiger partial charge in [0.25, 0.3) is 0 Å². The number of aromatic carboxylic acids is 1. The van der Waals surface area contributed by atoms with E-state index in [-0.39, 0.29) is 18.0 Å². The summed E-state index contributed by atoms with van der Waals surface area (Å²) in [6.45, 7) is 4.98. The zero-order valence-electron chi connectivity index (χ0n) is 10.0. The highest BCUT2D eigenvalue weighted by atomic mass is 32.2. The van der Waals surface area contributed by atoms with Crippen LogP contribution in [0, 0.1) is 6.92 Å². The molecule has 0 fully saturated rings. The summed E-state index contributed by atoms with van der Waals surface area (Å²) in [4.78, 5) is 14.8. The molecule has 17 heavy (non-hydrogen) atoms. The van der Waals surface area contributed by atoms with Crippen molar-refractivity contribution in [1.29, 1.82) is 0 Å². The Morgan fingerprint density at radius 1 is 1.53 bits per heavy atom. The maximum absolute atomic E-state index is 11.6. The quantitative estimate of drug-likeness (QED) is 0.842. The van der Waals surface area contributed by atoms with Crippen LogP contribution in [0.4, 0.5) is 0 Å². The zero-order chi connectivity index (χ0) is 13.2. The number of aromatic nitrogens is 2. The van der Waals surface area contributed by atoms with Crippen LogP contribution in [0.5, 0.6) is 0 Å². The molecule has 0 aliphatic rings. The molecule has 0 atom stereocenters. The number of sulfone groups is 1. The summed E-state index contributed by atoms with van der Waals surface area (Å²) < 4.78 is 24.7. The molecule has 1 aromatic heterocycles. The van der Waals surface area contributed by atoms with Crippen LogP contribution in [-0.4, -0.2) is 40.0 Å². The summed E-state index contributed by atoms with van der Waals surface area (Å²) in [5.74, 6) is -0.684. The number of hydrogen-bond acceptors (Lipinski definition) is 4. The zero-order valence-corrected chi connectivity index (χ0v) is 10.9. The van der Waals surface area contributed by atoms with Gasteiger partial charge in [-0.15, -0.1) is 0 Å². The number of rotatable bonds is 5. The third kappa shape index (κ3) is 3.06. The average molecular weight is 260 g/mol. The number of carboxylic acids is 1. The molecule has 6 nitrogen and oxygen atoms in total. The SMILES string of the molecule is Cc1ncc(C(=O)O)n1CCS(=O)(=O)C(C)C. The first kappa shape index (κ1) is 13.7. The van der Waals surface area contributed by atoms with Gasteiger partial charge in [0, 0.05) is 6.54 Å². The van der Waals surface area contributed by atoms with Gasteiger partial charge < -0.3 is 9.67 Å². The highest BCUT2D eigenvalue weighted by molar-refractivity contribution is 7.91. The molecule has 1 heterocycles. The number of nitrogens with zero attached hydrogens (tertiary/aromatic N) is 2. The van der Waals surface area contributed by atoms with Crippen molar-refractivity contribution in [3.63, 3.8) is 0 Å². The van der Waals surface area contributed by atoms with Crippen LogP contribution < -0.4 is 0 Å². The molecular formula is C10H16N2O4S. The van der Waals surface area contributed by atoms with E-state index < -0.39 is 21.1 Å². The first-order valence-corrected chi connectivity index (χ1v) is 6.94. The van der Waals surface area contributed by atoms with E-state index >= 15 is 0 Å². The first-order chi connectivity index (χ1) is 7.75. The van der Waals surface area contributed by atoms with Gasteiger partial charge in [0.2, 0.25) is 0 Å². The molecule has 1 N–H and O–H groups in total. The number of imidazole rings is 1. The molecule has 0 spiro atoms. The highest BCUT2D eigenvalue weighted by Gasteiger charge is 2.19. The molecule has 0 aromatic carbocycles. The maximum Gasteiger partial charge on any atom is 0.354 e. The number of carboxylic acid groups (broad SMARTS) is 1.